The van der Waals surface area contributed by atoms with E-state index in [9.17, 15) is 5.11 Å². The van der Waals surface area contributed by atoms with Crippen LogP contribution in [0.3, 0.4) is 0 Å². The minimum Gasteiger partial charge on any atom is -0.493 e. The van der Waals surface area contributed by atoms with Crippen LogP contribution in [0.2, 0.25) is 5.02 Å². The minimum absolute atomic E-state index is 0.0776. The highest BCUT2D eigenvalue weighted by atomic mass is 35.5. The van der Waals surface area contributed by atoms with Crippen molar-refractivity contribution in [3.63, 3.8) is 0 Å². The fraction of sp³-hybridized carbons (Fsp3) is 0.368. The van der Waals surface area contributed by atoms with Crippen molar-refractivity contribution in [2.45, 2.75) is 25.5 Å². The highest BCUT2D eigenvalue weighted by molar-refractivity contribution is 6.30. The van der Waals surface area contributed by atoms with Gasteiger partial charge in [-0.25, -0.2) is 0 Å². The van der Waals surface area contributed by atoms with Gasteiger partial charge in [0.25, 0.3) is 0 Å². The van der Waals surface area contributed by atoms with Crippen LogP contribution in [0.1, 0.15) is 24.2 Å². The molecule has 3 N–H and O–H groups in total. The third-order valence-corrected chi connectivity index (χ3v) is 4.49. The van der Waals surface area contributed by atoms with Crippen LogP contribution in [-0.4, -0.2) is 25.4 Å². The van der Waals surface area contributed by atoms with Crippen molar-refractivity contribution in [1.82, 2.24) is 0 Å². The molecular formula is C19H24ClNO3. The maximum Gasteiger partial charge on any atom is 0.160 e. The van der Waals surface area contributed by atoms with Gasteiger partial charge in [-0.05, 0) is 47.7 Å². The number of ether oxygens (including phenoxy) is 2. The van der Waals surface area contributed by atoms with Crippen molar-refractivity contribution in [3.8, 4) is 11.5 Å². The molecule has 0 amide bonds. The van der Waals surface area contributed by atoms with Gasteiger partial charge < -0.3 is 20.3 Å². The second-order valence-electron chi connectivity index (χ2n) is 5.94. The largest absolute Gasteiger partial charge is 0.493 e. The highest BCUT2D eigenvalue weighted by Gasteiger charge is 2.23. The molecular weight excluding hydrogens is 326 g/mol. The number of aliphatic hydroxyl groups excluding tert-OH is 1. The van der Waals surface area contributed by atoms with E-state index in [0.29, 0.717) is 16.5 Å². The zero-order valence-corrected chi connectivity index (χ0v) is 15.0. The van der Waals surface area contributed by atoms with Crippen molar-refractivity contribution < 1.29 is 14.6 Å². The Balaban J connectivity index is 2.08. The van der Waals surface area contributed by atoms with Gasteiger partial charge in [0.2, 0.25) is 0 Å². The van der Waals surface area contributed by atoms with Crippen LogP contribution in [0.25, 0.3) is 0 Å². The van der Waals surface area contributed by atoms with E-state index in [1.54, 1.807) is 38.5 Å². The lowest BCUT2D eigenvalue weighted by Crippen LogP contribution is -2.36. The average molecular weight is 350 g/mol. The molecule has 24 heavy (non-hydrogen) atoms. The summed E-state index contributed by atoms with van der Waals surface area (Å²) in [4.78, 5) is 0. The quantitative estimate of drug-likeness (QED) is 0.801. The Labute approximate surface area is 148 Å². The van der Waals surface area contributed by atoms with Crippen LogP contribution in [0.4, 0.5) is 0 Å². The van der Waals surface area contributed by atoms with Gasteiger partial charge >= 0.3 is 0 Å². The molecule has 3 atom stereocenters. The first-order valence-electron chi connectivity index (χ1n) is 7.86. The van der Waals surface area contributed by atoms with E-state index in [2.05, 4.69) is 0 Å². The van der Waals surface area contributed by atoms with Crippen LogP contribution in [0, 0.1) is 5.92 Å². The Morgan fingerprint density at radius 1 is 1.04 bits per heavy atom. The predicted octanol–water partition coefficient (Wildman–Crippen LogP) is 3.60. The number of hydrogen-bond donors (Lipinski definition) is 2. The third kappa shape index (κ3) is 4.41. The summed E-state index contributed by atoms with van der Waals surface area (Å²) in [5.74, 6) is 1.46. The lowest BCUT2D eigenvalue weighted by molar-refractivity contribution is 0.121. The topological polar surface area (TPSA) is 64.7 Å². The fourth-order valence-corrected chi connectivity index (χ4v) is 2.83. The summed E-state index contributed by atoms with van der Waals surface area (Å²) in [5.41, 5.74) is 8.12. The molecule has 0 aliphatic rings. The van der Waals surface area contributed by atoms with Crippen LogP contribution < -0.4 is 15.2 Å². The molecule has 2 rings (SSSR count). The van der Waals surface area contributed by atoms with Crippen LogP contribution >= 0.6 is 11.6 Å². The number of rotatable bonds is 7. The Bertz CT molecular complexity index is 660. The third-order valence-electron chi connectivity index (χ3n) is 4.24. The monoisotopic (exact) mass is 349 g/mol. The summed E-state index contributed by atoms with van der Waals surface area (Å²) in [6.07, 6.45) is -0.0102. The summed E-state index contributed by atoms with van der Waals surface area (Å²) in [6, 6.07) is 12.5. The molecule has 130 valence electrons. The molecule has 0 spiro atoms. The van der Waals surface area contributed by atoms with E-state index in [1.807, 2.05) is 25.1 Å². The average Bonchev–Trinajstić information content (AvgIpc) is 2.60. The first-order chi connectivity index (χ1) is 11.5. The Morgan fingerprint density at radius 2 is 1.67 bits per heavy atom. The molecule has 5 heteroatoms. The van der Waals surface area contributed by atoms with Crippen LogP contribution in [0.5, 0.6) is 11.5 Å². The van der Waals surface area contributed by atoms with E-state index in [4.69, 9.17) is 26.8 Å². The van der Waals surface area contributed by atoms with Crippen LogP contribution in [-0.2, 0) is 6.42 Å². The van der Waals surface area contributed by atoms with E-state index >= 15 is 0 Å². The molecule has 4 nitrogen and oxygen atoms in total. The van der Waals surface area contributed by atoms with Gasteiger partial charge in [0, 0.05) is 11.1 Å². The molecule has 0 heterocycles. The molecule has 1 unspecified atom stereocenters. The molecule has 0 radical (unpaired) electrons. The van der Waals surface area contributed by atoms with E-state index in [0.717, 1.165) is 17.5 Å². The smallest absolute Gasteiger partial charge is 0.160 e. The number of halogens is 1. The first-order valence-corrected chi connectivity index (χ1v) is 8.24. The zero-order valence-electron chi connectivity index (χ0n) is 14.2. The van der Waals surface area contributed by atoms with Gasteiger partial charge in [-0.2, -0.15) is 0 Å². The standard InChI is InChI=1S/C19H24ClNO3/c1-12(10-13-4-9-16(23-2)17(11-13)24-3)18(21)19(22)14-5-7-15(20)8-6-14/h4-9,11-12,18-19,22H,10,21H2,1-3H3/t12?,18-,19-/m1/s1. The van der Waals surface area contributed by atoms with Gasteiger partial charge in [-0.1, -0.05) is 36.7 Å². The number of benzene rings is 2. The second-order valence-corrected chi connectivity index (χ2v) is 6.38. The zero-order chi connectivity index (χ0) is 17.7. The maximum atomic E-state index is 10.5. The van der Waals surface area contributed by atoms with Crippen molar-refractivity contribution in [2.75, 3.05) is 14.2 Å². The normalized spacial score (nSPS) is 14.8. The molecule has 0 aromatic heterocycles. The fourth-order valence-electron chi connectivity index (χ4n) is 2.71. The molecule has 0 fully saturated rings. The summed E-state index contributed by atoms with van der Waals surface area (Å²) >= 11 is 5.88. The van der Waals surface area contributed by atoms with E-state index < -0.39 is 6.10 Å². The summed E-state index contributed by atoms with van der Waals surface area (Å²) in [6.45, 7) is 2.03. The molecule has 2 aromatic carbocycles. The van der Waals surface area contributed by atoms with Crippen molar-refractivity contribution >= 4 is 11.6 Å². The molecule has 0 aliphatic heterocycles. The van der Waals surface area contributed by atoms with Crippen LogP contribution in [0.15, 0.2) is 42.5 Å². The Morgan fingerprint density at radius 3 is 2.25 bits per heavy atom. The summed E-state index contributed by atoms with van der Waals surface area (Å²) < 4.78 is 10.6. The number of aliphatic hydroxyl groups is 1. The van der Waals surface area contributed by atoms with Gasteiger partial charge in [0.1, 0.15) is 0 Å². The van der Waals surface area contributed by atoms with Crippen molar-refractivity contribution in [3.05, 3.63) is 58.6 Å². The molecule has 0 aliphatic carbocycles. The SMILES string of the molecule is COc1ccc(CC(C)[C@@H](N)[C@H](O)c2ccc(Cl)cc2)cc1OC. The maximum absolute atomic E-state index is 10.5. The van der Waals surface area contributed by atoms with Crippen molar-refractivity contribution in [2.24, 2.45) is 11.7 Å². The number of nitrogens with two attached hydrogens (primary N) is 1. The molecule has 0 saturated carbocycles. The van der Waals surface area contributed by atoms with Gasteiger partial charge in [0.15, 0.2) is 11.5 Å². The lowest BCUT2D eigenvalue weighted by atomic mass is 9.88. The molecule has 2 aromatic rings. The molecule has 0 saturated heterocycles. The van der Waals surface area contributed by atoms with E-state index in [-0.39, 0.29) is 12.0 Å². The number of hydrogen-bond acceptors (Lipinski definition) is 4. The second kappa shape index (κ2) is 8.38. The number of methoxy groups -OCH3 is 2. The Hall–Kier alpha value is -1.75. The lowest BCUT2D eigenvalue weighted by Gasteiger charge is -2.25. The summed E-state index contributed by atoms with van der Waals surface area (Å²) in [5, 5.41) is 11.1. The van der Waals surface area contributed by atoms with Gasteiger partial charge in [-0.3, -0.25) is 0 Å². The first kappa shape index (κ1) is 18.6. The minimum atomic E-state index is -0.739. The summed E-state index contributed by atoms with van der Waals surface area (Å²) in [7, 11) is 3.22. The van der Waals surface area contributed by atoms with E-state index in [1.165, 1.54) is 0 Å². The van der Waals surface area contributed by atoms with Crippen molar-refractivity contribution in [1.29, 1.82) is 0 Å². The Kier molecular flexibility index (Phi) is 6.49. The predicted molar refractivity (Wildman–Crippen MR) is 96.8 cm³/mol. The highest BCUT2D eigenvalue weighted by Crippen LogP contribution is 2.30. The van der Waals surface area contributed by atoms with Gasteiger partial charge in [0.05, 0.1) is 20.3 Å². The van der Waals surface area contributed by atoms with Gasteiger partial charge in [-0.15, -0.1) is 0 Å². The molecule has 0 bridgehead atoms.